The SMILES string of the molecule is Cc1c(N(c2ccccc2)c2cc(N(c3ccccc3)c3ccc4occc4c3C)c3ccc4c(N(c5ccccc5)c5ccc6occc6c5C)cc(N(c5ccccc5)c5ccc6occc6c5C)c5ccc2c3c54)ccc2occc12. The molecule has 12 aromatic carbocycles. The number of rotatable bonds is 12. The number of furan rings is 4. The van der Waals surface area contributed by atoms with E-state index in [0.29, 0.717) is 0 Å². The number of para-hydroxylation sites is 4. The van der Waals surface area contributed by atoms with Crippen molar-refractivity contribution in [2.24, 2.45) is 0 Å². The van der Waals surface area contributed by atoms with Crippen molar-refractivity contribution in [3.63, 3.8) is 0 Å². The largest absolute Gasteiger partial charge is 0.464 e. The van der Waals surface area contributed by atoms with E-state index in [4.69, 9.17) is 17.7 Å². The zero-order chi connectivity index (χ0) is 56.2. The molecule has 0 atom stereocenters. The van der Waals surface area contributed by atoms with Gasteiger partial charge in [-0.2, -0.15) is 0 Å². The third kappa shape index (κ3) is 7.54. The van der Waals surface area contributed by atoms with Crippen LogP contribution in [0.1, 0.15) is 22.3 Å². The summed E-state index contributed by atoms with van der Waals surface area (Å²) < 4.78 is 24.3. The summed E-state index contributed by atoms with van der Waals surface area (Å²) in [6, 6.07) is 83.0. The smallest absolute Gasteiger partial charge is 0.134 e. The average Bonchev–Trinajstić information content (AvgIpc) is 0.943. The normalized spacial score (nSPS) is 11.8. The van der Waals surface area contributed by atoms with E-state index in [9.17, 15) is 0 Å². The summed E-state index contributed by atoms with van der Waals surface area (Å²) in [6.07, 6.45) is 7.15. The fraction of sp³-hybridized carbons (Fsp3) is 0.0526. The van der Waals surface area contributed by atoms with Crippen LogP contribution in [0.25, 0.3) is 76.2 Å². The molecular formula is C76H54N4O4. The molecule has 4 aromatic heterocycles. The van der Waals surface area contributed by atoms with Crippen LogP contribution in [-0.4, -0.2) is 0 Å². The summed E-state index contributed by atoms with van der Waals surface area (Å²) >= 11 is 0. The first-order chi connectivity index (χ1) is 41.4. The standard InChI is InChI=1S/C76H54N4O4/c1-47-55-37-41-81-71(55)33-29-63(47)77(51-17-9-5-10-18-51)67-45-68(78(52-19-11-6-12-20-52)64-30-34-72-56(48(64)2)38-42-82-72)60-27-28-62-70(80(54-23-15-8-16-24-54)66-32-36-74-58(50(66)4)40-44-84-74)46-69(61-26-25-59(67)75(60)76(61)62)79(53-21-13-7-14-22-53)65-31-35-73-57(49(65)3)39-43-83-73/h5-46H,1-4H3. The topological polar surface area (TPSA) is 65.5 Å². The van der Waals surface area contributed by atoms with Crippen molar-refractivity contribution >= 4 is 144 Å². The molecule has 0 aliphatic rings. The van der Waals surface area contributed by atoms with E-state index in [1.807, 2.05) is 0 Å². The van der Waals surface area contributed by atoms with Crippen molar-refractivity contribution in [1.82, 2.24) is 0 Å². The molecule has 0 saturated carbocycles. The minimum absolute atomic E-state index is 0.844. The number of anilines is 12. The second-order valence-electron chi connectivity index (χ2n) is 21.8. The highest BCUT2D eigenvalue weighted by Crippen LogP contribution is 2.56. The number of aryl methyl sites for hydroxylation is 4. The molecule has 84 heavy (non-hydrogen) atoms. The van der Waals surface area contributed by atoms with Crippen LogP contribution in [0.2, 0.25) is 0 Å². The molecule has 0 radical (unpaired) electrons. The van der Waals surface area contributed by atoms with Crippen molar-refractivity contribution in [1.29, 1.82) is 0 Å². The molecule has 0 N–H and O–H groups in total. The van der Waals surface area contributed by atoms with Crippen molar-refractivity contribution in [2.45, 2.75) is 27.7 Å². The first kappa shape index (κ1) is 48.9. The minimum atomic E-state index is 0.844. The molecule has 0 aliphatic carbocycles. The Morgan fingerprint density at radius 3 is 0.667 bits per heavy atom. The van der Waals surface area contributed by atoms with E-state index in [1.165, 1.54) is 0 Å². The molecule has 8 heteroatoms. The molecule has 0 amide bonds. The van der Waals surface area contributed by atoms with Crippen LogP contribution in [0, 0.1) is 27.7 Å². The Kier molecular flexibility index (Phi) is 11.3. The predicted molar refractivity (Wildman–Crippen MR) is 347 cm³/mol. The van der Waals surface area contributed by atoms with Gasteiger partial charge in [0.2, 0.25) is 0 Å². The van der Waals surface area contributed by atoms with Gasteiger partial charge in [-0.05, 0) is 183 Å². The van der Waals surface area contributed by atoms with E-state index in [-0.39, 0.29) is 0 Å². The Labute approximate surface area is 484 Å². The lowest BCUT2D eigenvalue weighted by molar-refractivity contribution is 0.615. The van der Waals surface area contributed by atoms with E-state index in [1.54, 1.807) is 25.1 Å². The highest BCUT2D eigenvalue weighted by atomic mass is 16.3. The number of hydrogen-bond donors (Lipinski definition) is 0. The van der Waals surface area contributed by atoms with Crippen LogP contribution >= 0.6 is 0 Å². The van der Waals surface area contributed by atoms with Gasteiger partial charge in [-0.1, -0.05) is 97.1 Å². The van der Waals surface area contributed by atoms with E-state index < -0.39 is 0 Å². The highest BCUT2D eigenvalue weighted by molar-refractivity contribution is 6.33. The van der Waals surface area contributed by atoms with Gasteiger partial charge in [0.25, 0.3) is 0 Å². The second-order valence-corrected chi connectivity index (χ2v) is 21.8. The van der Waals surface area contributed by atoms with E-state index in [0.717, 1.165) is 167 Å². The van der Waals surface area contributed by atoms with Crippen molar-refractivity contribution in [3.8, 4) is 0 Å². The lowest BCUT2D eigenvalue weighted by Crippen LogP contribution is -2.17. The molecule has 0 unspecified atom stereocenters. The molecule has 0 aliphatic heterocycles. The van der Waals surface area contributed by atoms with Gasteiger partial charge in [-0.15, -0.1) is 0 Å². The lowest BCUT2D eigenvalue weighted by Gasteiger charge is -2.35. The Balaban J connectivity index is 1.11. The molecule has 402 valence electrons. The summed E-state index contributed by atoms with van der Waals surface area (Å²) in [5.74, 6) is 0. The highest BCUT2D eigenvalue weighted by Gasteiger charge is 2.31. The van der Waals surface area contributed by atoms with E-state index >= 15 is 0 Å². The quantitative estimate of drug-likeness (QED) is 0.112. The molecule has 16 rings (SSSR count). The zero-order valence-electron chi connectivity index (χ0n) is 46.7. The summed E-state index contributed by atoms with van der Waals surface area (Å²) in [4.78, 5) is 9.81. The van der Waals surface area contributed by atoms with Crippen LogP contribution in [0.3, 0.4) is 0 Å². The lowest BCUT2D eigenvalue weighted by atomic mass is 9.88. The molecule has 0 fully saturated rings. The maximum Gasteiger partial charge on any atom is 0.134 e. The third-order valence-corrected chi connectivity index (χ3v) is 17.3. The maximum atomic E-state index is 6.06. The molecule has 4 heterocycles. The second kappa shape index (κ2) is 19.4. The van der Waals surface area contributed by atoms with E-state index in [2.05, 4.69) is 278 Å². The first-order valence-electron chi connectivity index (χ1n) is 28.4. The summed E-state index contributed by atoms with van der Waals surface area (Å²) in [7, 11) is 0. The van der Waals surface area contributed by atoms with Crippen LogP contribution in [0.5, 0.6) is 0 Å². The number of hydrogen-bond acceptors (Lipinski definition) is 8. The van der Waals surface area contributed by atoms with Crippen LogP contribution in [0.4, 0.5) is 68.2 Å². The molecule has 0 saturated heterocycles. The van der Waals surface area contributed by atoms with Gasteiger partial charge in [0.05, 0.1) is 47.8 Å². The fourth-order valence-electron chi connectivity index (χ4n) is 13.3. The summed E-state index contributed by atoms with van der Waals surface area (Å²) in [5, 5.41) is 10.8. The summed E-state index contributed by atoms with van der Waals surface area (Å²) in [6.45, 7) is 8.83. The number of nitrogens with zero attached hydrogens (tertiary/aromatic N) is 4. The van der Waals surface area contributed by atoms with Gasteiger partial charge in [0.15, 0.2) is 0 Å². The van der Waals surface area contributed by atoms with Crippen LogP contribution in [-0.2, 0) is 0 Å². The predicted octanol–water partition coefficient (Wildman–Crippen LogP) is 22.7. The van der Waals surface area contributed by atoms with Crippen LogP contribution < -0.4 is 19.6 Å². The molecule has 0 bridgehead atoms. The van der Waals surface area contributed by atoms with Gasteiger partial charge in [-0.3, -0.25) is 0 Å². The first-order valence-corrected chi connectivity index (χ1v) is 28.4. The van der Waals surface area contributed by atoms with Gasteiger partial charge in [-0.25, -0.2) is 0 Å². The molecule has 8 nitrogen and oxygen atoms in total. The minimum Gasteiger partial charge on any atom is -0.464 e. The van der Waals surface area contributed by atoms with Gasteiger partial charge < -0.3 is 37.3 Å². The van der Waals surface area contributed by atoms with Gasteiger partial charge in [0.1, 0.15) is 22.3 Å². The van der Waals surface area contributed by atoms with Gasteiger partial charge >= 0.3 is 0 Å². The third-order valence-electron chi connectivity index (χ3n) is 17.3. The Hall–Kier alpha value is -11.0. The van der Waals surface area contributed by atoms with Crippen molar-refractivity contribution in [2.75, 3.05) is 19.6 Å². The Morgan fingerprint density at radius 2 is 0.440 bits per heavy atom. The Morgan fingerprint density at radius 1 is 0.214 bits per heavy atom. The van der Waals surface area contributed by atoms with Crippen molar-refractivity contribution < 1.29 is 17.7 Å². The monoisotopic (exact) mass is 1090 g/mol. The van der Waals surface area contributed by atoms with Crippen molar-refractivity contribution in [3.05, 3.63) is 278 Å². The van der Waals surface area contributed by atoms with Crippen LogP contribution in [0.15, 0.2) is 273 Å². The molecular weight excluding hydrogens is 1030 g/mol. The number of benzene rings is 12. The number of fused-ring (bicyclic) bond motifs is 4. The van der Waals surface area contributed by atoms with Gasteiger partial charge in [0, 0.05) is 99.4 Å². The molecule has 0 spiro atoms. The summed E-state index contributed by atoms with van der Waals surface area (Å²) in [5.41, 5.74) is 20.1. The fourth-order valence-corrected chi connectivity index (χ4v) is 13.3. The average molecular weight is 1090 g/mol. The zero-order valence-corrected chi connectivity index (χ0v) is 46.7. The maximum absolute atomic E-state index is 6.06. The Bertz CT molecular complexity index is 4520. The molecule has 16 aromatic rings.